The van der Waals surface area contributed by atoms with Crippen molar-refractivity contribution in [2.24, 2.45) is 0 Å². The molecule has 0 N–H and O–H groups in total. The van der Waals surface area contributed by atoms with E-state index in [1.807, 2.05) is 0 Å². The summed E-state index contributed by atoms with van der Waals surface area (Å²) in [4.78, 5) is 8.83. The van der Waals surface area contributed by atoms with Crippen LogP contribution in [0.1, 0.15) is 0 Å². The molecule has 4 nitrogen and oxygen atoms in total. The van der Waals surface area contributed by atoms with Gasteiger partial charge < -0.3 is 0 Å². The highest BCUT2D eigenvalue weighted by molar-refractivity contribution is 7.92. The number of aromatic nitrogens is 2. The van der Waals surface area contributed by atoms with Crippen LogP contribution in [0.4, 0.5) is 0 Å². The standard InChI is InChI=1S/C14H7ClN2O2S/c15-14-16-9-5-3-7-11-12(9)13(17-14)8-4-1-2-6-10(8)20(11,18)19/h1-7H. The van der Waals surface area contributed by atoms with Crippen molar-refractivity contribution in [3.05, 3.63) is 47.7 Å². The molecule has 0 radical (unpaired) electrons. The van der Waals surface area contributed by atoms with E-state index in [2.05, 4.69) is 9.97 Å². The van der Waals surface area contributed by atoms with Crippen LogP contribution in [-0.2, 0) is 9.84 Å². The van der Waals surface area contributed by atoms with E-state index in [0.29, 0.717) is 22.2 Å². The van der Waals surface area contributed by atoms with Gasteiger partial charge in [0.25, 0.3) is 0 Å². The molecule has 1 aliphatic rings. The third-order valence-corrected chi connectivity index (χ3v) is 5.40. The Bertz CT molecular complexity index is 984. The SMILES string of the molecule is O=S1(=O)c2ccccc2-c2nc(Cl)nc3cccc1c23. The zero-order chi connectivity index (χ0) is 13.9. The van der Waals surface area contributed by atoms with Gasteiger partial charge >= 0.3 is 0 Å². The molecule has 2 aromatic carbocycles. The monoisotopic (exact) mass is 302 g/mol. The zero-order valence-corrected chi connectivity index (χ0v) is 11.6. The van der Waals surface area contributed by atoms with Gasteiger partial charge in [-0.1, -0.05) is 24.3 Å². The highest BCUT2D eigenvalue weighted by atomic mass is 35.5. The third-order valence-electron chi connectivity index (χ3n) is 3.38. The van der Waals surface area contributed by atoms with Crippen LogP contribution in [0, 0.1) is 0 Å². The minimum absolute atomic E-state index is 0.110. The molecule has 0 bridgehead atoms. The second-order valence-corrected chi connectivity index (χ2v) is 6.72. The summed E-state index contributed by atoms with van der Waals surface area (Å²) in [6.45, 7) is 0. The van der Waals surface area contributed by atoms with Crippen molar-refractivity contribution < 1.29 is 8.42 Å². The van der Waals surface area contributed by atoms with Crippen LogP contribution in [0.25, 0.3) is 22.2 Å². The molecule has 20 heavy (non-hydrogen) atoms. The molecule has 0 spiro atoms. The van der Waals surface area contributed by atoms with Crippen molar-refractivity contribution in [1.29, 1.82) is 0 Å². The number of sulfone groups is 1. The Labute approximate surface area is 120 Å². The zero-order valence-electron chi connectivity index (χ0n) is 10.0. The summed E-state index contributed by atoms with van der Waals surface area (Å²) >= 11 is 5.94. The molecule has 0 atom stereocenters. The van der Waals surface area contributed by atoms with E-state index < -0.39 is 9.84 Å². The molecule has 98 valence electrons. The first-order valence-electron chi connectivity index (χ1n) is 5.90. The molecule has 0 saturated heterocycles. The number of halogens is 1. The molecule has 6 heteroatoms. The van der Waals surface area contributed by atoms with Gasteiger partial charge in [0.2, 0.25) is 15.1 Å². The predicted molar refractivity (Wildman–Crippen MR) is 75.4 cm³/mol. The Hall–Kier alpha value is -1.98. The van der Waals surface area contributed by atoms with Gasteiger partial charge in [-0.05, 0) is 29.8 Å². The van der Waals surface area contributed by atoms with E-state index >= 15 is 0 Å². The molecule has 1 aliphatic heterocycles. The molecular formula is C14H7ClN2O2S. The summed E-state index contributed by atoms with van der Waals surface area (Å²) in [5.74, 6) is 0. The molecule has 0 unspecified atom stereocenters. The van der Waals surface area contributed by atoms with Gasteiger partial charge in [0.15, 0.2) is 0 Å². The maximum atomic E-state index is 12.7. The minimum Gasteiger partial charge on any atom is -0.218 e. The molecule has 0 amide bonds. The summed E-state index contributed by atoms with van der Waals surface area (Å²) in [6.07, 6.45) is 0. The summed E-state index contributed by atoms with van der Waals surface area (Å²) in [6, 6.07) is 11.8. The Morgan fingerprint density at radius 3 is 2.50 bits per heavy atom. The topological polar surface area (TPSA) is 59.9 Å². The van der Waals surface area contributed by atoms with Crippen LogP contribution < -0.4 is 0 Å². The van der Waals surface area contributed by atoms with E-state index in [1.165, 1.54) is 0 Å². The van der Waals surface area contributed by atoms with Gasteiger partial charge in [-0.2, -0.15) is 0 Å². The fraction of sp³-hybridized carbons (Fsp3) is 0. The fourth-order valence-electron chi connectivity index (χ4n) is 2.56. The van der Waals surface area contributed by atoms with E-state index in [4.69, 9.17) is 11.6 Å². The summed E-state index contributed by atoms with van der Waals surface area (Å²) in [7, 11) is -3.54. The Morgan fingerprint density at radius 2 is 1.65 bits per heavy atom. The first-order chi connectivity index (χ1) is 9.59. The van der Waals surface area contributed by atoms with Gasteiger partial charge in [0, 0.05) is 10.9 Å². The number of hydrogen-bond donors (Lipinski definition) is 0. The van der Waals surface area contributed by atoms with Crippen LogP contribution in [0.3, 0.4) is 0 Å². The Balaban J connectivity index is 2.35. The number of hydrogen-bond acceptors (Lipinski definition) is 4. The Morgan fingerprint density at radius 1 is 0.900 bits per heavy atom. The molecule has 0 saturated carbocycles. The molecule has 2 heterocycles. The molecule has 0 fully saturated rings. The van der Waals surface area contributed by atoms with Crippen LogP contribution >= 0.6 is 11.6 Å². The van der Waals surface area contributed by atoms with Gasteiger partial charge in [0.1, 0.15) is 0 Å². The van der Waals surface area contributed by atoms with E-state index in [-0.39, 0.29) is 15.1 Å². The lowest BCUT2D eigenvalue weighted by atomic mass is 10.1. The van der Waals surface area contributed by atoms with Crippen LogP contribution in [0.5, 0.6) is 0 Å². The number of fused-ring (bicyclic) bond motifs is 2. The van der Waals surface area contributed by atoms with Crippen LogP contribution in [0.15, 0.2) is 52.3 Å². The number of nitrogens with zero attached hydrogens (tertiary/aromatic N) is 2. The first-order valence-corrected chi connectivity index (χ1v) is 7.76. The normalized spacial score (nSPS) is 15.1. The van der Waals surface area contributed by atoms with Gasteiger partial charge in [-0.15, -0.1) is 0 Å². The van der Waals surface area contributed by atoms with Crippen molar-refractivity contribution in [2.75, 3.05) is 0 Å². The molecule has 3 aromatic rings. The first kappa shape index (κ1) is 11.8. The minimum atomic E-state index is -3.54. The highest BCUT2D eigenvalue weighted by Crippen LogP contribution is 2.42. The highest BCUT2D eigenvalue weighted by Gasteiger charge is 2.31. The maximum Gasteiger partial charge on any atom is 0.223 e. The largest absolute Gasteiger partial charge is 0.223 e. The number of rotatable bonds is 0. The van der Waals surface area contributed by atoms with Gasteiger partial charge in [0.05, 0.1) is 21.0 Å². The van der Waals surface area contributed by atoms with Crippen molar-refractivity contribution >= 4 is 32.3 Å². The Kier molecular flexibility index (Phi) is 2.23. The summed E-state index contributed by atoms with van der Waals surface area (Å²) < 4.78 is 25.4. The summed E-state index contributed by atoms with van der Waals surface area (Å²) in [5.41, 5.74) is 1.68. The third kappa shape index (κ3) is 1.39. The van der Waals surface area contributed by atoms with Gasteiger partial charge in [-0.25, -0.2) is 18.4 Å². The van der Waals surface area contributed by atoms with Crippen molar-refractivity contribution in [3.63, 3.8) is 0 Å². The predicted octanol–water partition coefficient (Wildman–Crippen LogP) is 3.10. The average Bonchev–Trinajstić information content (AvgIpc) is 2.44. The lowest BCUT2D eigenvalue weighted by molar-refractivity contribution is 0.596. The molecule has 4 rings (SSSR count). The quantitative estimate of drug-likeness (QED) is 0.468. The maximum absolute atomic E-state index is 12.7. The second-order valence-electron chi connectivity index (χ2n) is 4.49. The molecule has 1 aromatic heterocycles. The fourth-order valence-corrected chi connectivity index (χ4v) is 4.41. The van der Waals surface area contributed by atoms with Crippen LogP contribution in [0.2, 0.25) is 5.28 Å². The van der Waals surface area contributed by atoms with Gasteiger partial charge in [-0.3, -0.25) is 0 Å². The van der Waals surface area contributed by atoms with Crippen LogP contribution in [-0.4, -0.2) is 18.4 Å². The second kappa shape index (κ2) is 3.77. The number of benzene rings is 2. The lowest BCUT2D eigenvalue weighted by Crippen LogP contribution is -2.11. The average molecular weight is 303 g/mol. The van der Waals surface area contributed by atoms with E-state index in [0.717, 1.165) is 0 Å². The molecular weight excluding hydrogens is 296 g/mol. The van der Waals surface area contributed by atoms with Crippen molar-refractivity contribution in [3.8, 4) is 11.3 Å². The lowest BCUT2D eigenvalue weighted by Gasteiger charge is -2.19. The smallest absolute Gasteiger partial charge is 0.218 e. The summed E-state index contributed by atoms with van der Waals surface area (Å²) in [5, 5.41) is 0.648. The van der Waals surface area contributed by atoms with E-state index in [9.17, 15) is 8.42 Å². The van der Waals surface area contributed by atoms with Crippen molar-refractivity contribution in [2.45, 2.75) is 9.79 Å². The molecule has 0 aliphatic carbocycles. The van der Waals surface area contributed by atoms with Crippen molar-refractivity contribution in [1.82, 2.24) is 9.97 Å². The van der Waals surface area contributed by atoms with E-state index in [1.54, 1.807) is 42.5 Å².